The lowest BCUT2D eigenvalue weighted by Gasteiger charge is -2.15. The van der Waals surface area contributed by atoms with E-state index in [0.29, 0.717) is 17.5 Å². The number of nitrogens with zero attached hydrogens (tertiary/aromatic N) is 5. The normalized spacial score (nSPS) is 11.3. The molecule has 0 aliphatic carbocycles. The molecule has 8 aromatic rings. The molecule has 0 radical (unpaired) electrons. The summed E-state index contributed by atoms with van der Waals surface area (Å²) in [5.74, 6) is 1.81. The van der Waals surface area contributed by atoms with E-state index in [2.05, 4.69) is 84.9 Å². The van der Waals surface area contributed by atoms with E-state index in [1.54, 1.807) is 23.2 Å². The molecule has 0 N–H and O–H groups in total. The molecule has 0 spiro atoms. The van der Waals surface area contributed by atoms with Crippen molar-refractivity contribution in [3.63, 3.8) is 0 Å². The molecule has 8 rings (SSSR count). The van der Waals surface area contributed by atoms with Crippen LogP contribution in [-0.2, 0) is 14.1 Å². The van der Waals surface area contributed by atoms with Crippen LogP contribution in [0.3, 0.4) is 0 Å². The number of aryl methyl sites for hydroxylation is 2. The Balaban J connectivity index is 1.35. The van der Waals surface area contributed by atoms with E-state index in [9.17, 15) is 4.79 Å². The largest absolute Gasteiger partial charge is 0.328 e. The number of hydrogen-bond donors (Lipinski definition) is 0. The number of imidazole rings is 1. The molecule has 220 valence electrons. The Labute approximate surface area is 265 Å². The van der Waals surface area contributed by atoms with Crippen molar-refractivity contribution in [2.45, 2.75) is 0 Å². The third-order valence-electron chi connectivity index (χ3n) is 8.63. The van der Waals surface area contributed by atoms with E-state index in [4.69, 9.17) is 15.0 Å². The van der Waals surface area contributed by atoms with Crippen LogP contribution in [0.15, 0.2) is 144 Å². The van der Waals surface area contributed by atoms with Gasteiger partial charge in [0.25, 0.3) is 0 Å². The second-order valence-corrected chi connectivity index (χ2v) is 11.4. The van der Waals surface area contributed by atoms with Gasteiger partial charge in [0.15, 0.2) is 17.5 Å². The number of aromatic nitrogens is 5. The summed E-state index contributed by atoms with van der Waals surface area (Å²) in [6, 6.07) is 47.5. The minimum atomic E-state index is -0.0460. The Morgan fingerprint density at radius 3 is 1.83 bits per heavy atom. The molecule has 6 heteroatoms. The predicted octanol–water partition coefficient (Wildman–Crippen LogP) is 8.55. The van der Waals surface area contributed by atoms with Crippen LogP contribution in [0.25, 0.3) is 78.2 Å². The second-order valence-electron chi connectivity index (χ2n) is 11.4. The van der Waals surface area contributed by atoms with Crippen LogP contribution >= 0.6 is 0 Å². The molecule has 6 nitrogen and oxygen atoms in total. The van der Waals surface area contributed by atoms with Gasteiger partial charge in [0.05, 0.1) is 11.0 Å². The molecule has 0 atom stereocenters. The van der Waals surface area contributed by atoms with E-state index in [-0.39, 0.29) is 5.69 Å². The highest BCUT2D eigenvalue weighted by Gasteiger charge is 2.19. The first-order valence-corrected chi connectivity index (χ1v) is 15.2. The van der Waals surface area contributed by atoms with Gasteiger partial charge in [0.2, 0.25) is 0 Å². The van der Waals surface area contributed by atoms with Crippen LogP contribution < -0.4 is 5.69 Å². The fraction of sp³-hybridized carbons (Fsp3) is 0.0500. The lowest BCUT2D eigenvalue weighted by Crippen LogP contribution is -2.19. The summed E-state index contributed by atoms with van der Waals surface area (Å²) in [6.45, 7) is 0. The van der Waals surface area contributed by atoms with Crippen LogP contribution in [0, 0.1) is 0 Å². The maximum absolute atomic E-state index is 12.6. The average Bonchev–Trinajstić information content (AvgIpc) is 3.34. The van der Waals surface area contributed by atoms with Gasteiger partial charge in [-0.15, -0.1) is 0 Å². The predicted molar refractivity (Wildman–Crippen MR) is 186 cm³/mol. The van der Waals surface area contributed by atoms with E-state index in [1.165, 1.54) is 0 Å². The van der Waals surface area contributed by atoms with Crippen molar-refractivity contribution in [1.82, 2.24) is 24.1 Å². The highest BCUT2D eigenvalue weighted by molar-refractivity contribution is 6.03. The van der Waals surface area contributed by atoms with Crippen LogP contribution in [0.1, 0.15) is 0 Å². The summed E-state index contributed by atoms with van der Waals surface area (Å²) in [6.07, 6.45) is 0. The van der Waals surface area contributed by atoms with Crippen molar-refractivity contribution in [1.29, 1.82) is 0 Å². The minimum absolute atomic E-state index is 0.0460. The third kappa shape index (κ3) is 4.68. The highest BCUT2D eigenvalue weighted by atomic mass is 16.1. The van der Waals surface area contributed by atoms with Crippen molar-refractivity contribution >= 4 is 21.8 Å². The van der Waals surface area contributed by atoms with Gasteiger partial charge >= 0.3 is 5.69 Å². The van der Waals surface area contributed by atoms with Crippen LogP contribution in [-0.4, -0.2) is 24.1 Å². The lowest BCUT2D eigenvalue weighted by atomic mass is 9.93. The molecule has 2 heterocycles. The van der Waals surface area contributed by atoms with Gasteiger partial charge in [-0.2, -0.15) is 0 Å². The molecule has 0 aliphatic heterocycles. The SMILES string of the molecule is Cn1c(=O)n(C)c2cc(-c3cccc(-c4nc(-c5ccccc5)nc(-c5c(-c6ccccc6)ccc6ccccc56)n4)c3)ccc21. The van der Waals surface area contributed by atoms with Gasteiger partial charge in [-0.05, 0) is 51.2 Å². The molecular formula is C40H29N5O. The van der Waals surface area contributed by atoms with Crippen molar-refractivity contribution in [2.75, 3.05) is 0 Å². The molecule has 0 saturated heterocycles. The summed E-state index contributed by atoms with van der Waals surface area (Å²) in [5, 5.41) is 2.20. The van der Waals surface area contributed by atoms with Gasteiger partial charge < -0.3 is 0 Å². The first-order chi connectivity index (χ1) is 22.5. The minimum Gasteiger partial charge on any atom is -0.295 e. The van der Waals surface area contributed by atoms with Gasteiger partial charge in [-0.1, -0.05) is 121 Å². The average molecular weight is 596 g/mol. The van der Waals surface area contributed by atoms with Crippen molar-refractivity contribution in [2.24, 2.45) is 14.1 Å². The Morgan fingerprint density at radius 1 is 0.457 bits per heavy atom. The Morgan fingerprint density at radius 2 is 1.04 bits per heavy atom. The molecule has 0 fully saturated rings. The zero-order chi connectivity index (χ0) is 31.2. The molecule has 0 amide bonds. The quantitative estimate of drug-likeness (QED) is 0.200. The number of fused-ring (bicyclic) bond motifs is 2. The summed E-state index contributed by atoms with van der Waals surface area (Å²) >= 11 is 0. The van der Waals surface area contributed by atoms with E-state index in [1.807, 2.05) is 54.6 Å². The van der Waals surface area contributed by atoms with Crippen LogP contribution in [0.5, 0.6) is 0 Å². The monoisotopic (exact) mass is 595 g/mol. The van der Waals surface area contributed by atoms with E-state index >= 15 is 0 Å². The van der Waals surface area contributed by atoms with Gasteiger partial charge in [0.1, 0.15) is 0 Å². The Bertz CT molecular complexity index is 2460. The smallest absolute Gasteiger partial charge is 0.295 e. The Hall–Kier alpha value is -6.14. The fourth-order valence-corrected chi connectivity index (χ4v) is 6.23. The maximum atomic E-state index is 12.6. The molecule has 0 aliphatic rings. The first kappa shape index (κ1) is 27.4. The lowest BCUT2D eigenvalue weighted by molar-refractivity contribution is 0.795. The third-order valence-corrected chi connectivity index (χ3v) is 8.63. The van der Waals surface area contributed by atoms with E-state index in [0.717, 1.165) is 60.8 Å². The van der Waals surface area contributed by atoms with Crippen LogP contribution in [0.2, 0.25) is 0 Å². The summed E-state index contributed by atoms with van der Waals surface area (Å²) < 4.78 is 3.35. The summed E-state index contributed by atoms with van der Waals surface area (Å²) in [5.41, 5.74) is 8.67. The van der Waals surface area contributed by atoms with Gasteiger partial charge in [0, 0.05) is 30.8 Å². The van der Waals surface area contributed by atoms with Crippen molar-refractivity contribution in [3.8, 4) is 56.4 Å². The molecular weight excluding hydrogens is 566 g/mol. The first-order valence-electron chi connectivity index (χ1n) is 15.2. The fourth-order valence-electron chi connectivity index (χ4n) is 6.23. The van der Waals surface area contributed by atoms with Crippen molar-refractivity contribution in [3.05, 3.63) is 150 Å². The zero-order valence-corrected chi connectivity index (χ0v) is 25.4. The molecule has 0 saturated carbocycles. The molecule has 0 bridgehead atoms. The summed E-state index contributed by atoms with van der Waals surface area (Å²) in [7, 11) is 3.60. The molecule has 2 aromatic heterocycles. The highest BCUT2D eigenvalue weighted by Crippen LogP contribution is 2.38. The topological polar surface area (TPSA) is 65.6 Å². The molecule has 6 aromatic carbocycles. The Kier molecular flexibility index (Phi) is 6.61. The maximum Gasteiger partial charge on any atom is 0.328 e. The summed E-state index contributed by atoms with van der Waals surface area (Å²) in [4.78, 5) is 27.9. The standard InChI is InChI=1S/C40H29N5O/c1-44-34-23-21-30(25-35(34)45(2)40(44)46)29-17-11-18-31(24-29)38-41-37(28-15-7-4-8-16-28)42-39(43-38)36-32-19-10-9-14-27(32)20-22-33(36)26-12-5-3-6-13-26/h3-25H,1-2H3. The van der Waals surface area contributed by atoms with Gasteiger partial charge in [-0.3, -0.25) is 9.13 Å². The van der Waals surface area contributed by atoms with Crippen LogP contribution in [0.4, 0.5) is 0 Å². The number of hydrogen-bond acceptors (Lipinski definition) is 4. The second kappa shape index (κ2) is 11.1. The number of benzene rings is 6. The molecule has 0 unspecified atom stereocenters. The van der Waals surface area contributed by atoms with Gasteiger partial charge in [-0.25, -0.2) is 19.7 Å². The molecule has 46 heavy (non-hydrogen) atoms. The zero-order valence-electron chi connectivity index (χ0n) is 25.4. The van der Waals surface area contributed by atoms with E-state index < -0.39 is 0 Å². The van der Waals surface area contributed by atoms with Crippen molar-refractivity contribution < 1.29 is 0 Å². The number of rotatable bonds is 5.